The van der Waals surface area contributed by atoms with Gasteiger partial charge in [-0.15, -0.1) is 0 Å². The number of benzene rings is 2. The summed E-state index contributed by atoms with van der Waals surface area (Å²) in [5.41, 5.74) is 3.25. The summed E-state index contributed by atoms with van der Waals surface area (Å²) >= 11 is 0. The lowest BCUT2D eigenvalue weighted by Gasteiger charge is -2.27. The first-order valence-corrected chi connectivity index (χ1v) is 10.7. The molecule has 1 heterocycles. The predicted octanol–water partition coefficient (Wildman–Crippen LogP) is 2.20. The normalized spacial score (nSPS) is 18.8. The van der Waals surface area contributed by atoms with Crippen LogP contribution in [0.2, 0.25) is 0 Å². The van der Waals surface area contributed by atoms with Crippen LogP contribution in [0, 0.1) is 0 Å². The first kappa shape index (κ1) is 17.7. The Morgan fingerprint density at radius 3 is 2.42 bits per heavy atom. The van der Waals surface area contributed by atoms with Crippen LogP contribution in [0.5, 0.6) is 0 Å². The average molecular weight is 372 g/mol. The maximum absolute atomic E-state index is 12.4. The van der Waals surface area contributed by atoms with E-state index >= 15 is 0 Å². The lowest BCUT2D eigenvalue weighted by molar-refractivity contribution is 0.233. The maximum Gasteiger partial charge on any atom is 0.240 e. The van der Waals surface area contributed by atoms with Gasteiger partial charge in [-0.3, -0.25) is 4.90 Å². The molecule has 1 aliphatic heterocycles. The second-order valence-corrected chi connectivity index (χ2v) is 8.86. The van der Waals surface area contributed by atoms with Crippen LogP contribution < -0.4 is 10.0 Å². The van der Waals surface area contributed by atoms with Gasteiger partial charge in [-0.2, -0.15) is 0 Å². The van der Waals surface area contributed by atoms with Gasteiger partial charge in [0.05, 0.1) is 4.90 Å². The number of hydrogen-bond donors (Lipinski definition) is 2. The van der Waals surface area contributed by atoms with Crippen molar-refractivity contribution < 1.29 is 8.42 Å². The van der Waals surface area contributed by atoms with Crippen molar-refractivity contribution in [3.63, 3.8) is 0 Å². The standard InChI is InChI=1S/C20H25N3O2S/c24-26(25,22-19-8-9-19)20-3-1-2-18(14-20)17-6-4-16(5-7-17)15-23-12-10-21-11-13-23/h1-7,14,19,21-22H,8-13,15H2. The van der Waals surface area contributed by atoms with Gasteiger partial charge in [0.2, 0.25) is 10.0 Å². The summed E-state index contributed by atoms with van der Waals surface area (Å²) in [5.74, 6) is 0. The number of nitrogens with one attached hydrogen (secondary N) is 2. The fourth-order valence-electron chi connectivity index (χ4n) is 3.26. The second kappa shape index (κ2) is 7.48. The number of sulfonamides is 1. The monoisotopic (exact) mass is 371 g/mol. The van der Waals surface area contributed by atoms with E-state index in [4.69, 9.17) is 0 Å². The molecule has 1 aliphatic carbocycles. The Kier molecular flexibility index (Phi) is 5.09. The second-order valence-electron chi connectivity index (χ2n) is 7.15. The third kappa shape index (κ3) is 4.32. The van der Waals surface area contributed by atoms with Gasteiger partial charge in [0.1, 0.15) is 0 Å². The van der Waals surface area contributed by atoms with Crippen molar-refractivity contribution in [2.45, 2.75) is 30.3 Å². The summed E-state index contributed by atoms with van der Waals surface area (Å²) in [5, 5.41) is 3.37. The third-order valence-corrected chi connectivity index (χ3v) is 6.46. The summed E-state index contributed by atoms with van der Waals surface area (Å²) in [6, 6.07) is 15.8. The fraction of sp³-hybridized carbons (Fsp3) is 0.400. The van der Waals surface area contributed by atoms with Crippen LogP contribution in [0.4, 0.5) is 0 Å². The van der Waals surface area contributed by atoms with Crippen LogP contribution in [0.25, 0.3) is 11.1 Å². The van der Waals surface area contributed by atoms with Gasteiger partial charge in [0.15, 0.2) is 0 Å². The molecule has 0 amide bonds. The number of rotatable bonds is 6. The SMILES string of the molecule is O=S(=O)(NC1CC1)c1cccc(-c2ccc(CN3CCNCC3)cc2)c1. The number of nitrogens with zero attached hydrogens (tertiary/aromatic N) is 1. The van der Waals surface area contributed by atoms with E-state index in [0.717, 1.165) is 56.7 Å². The molecule has 5 nitrogen and oxygen atoms in total. The van der Waals surface area contributed by atoms with E-state index in [-0.39, 0.29) is 6.04 Å². The van der Waals surface area contributed by atoms with Crippen molar-refractivity contribution in [2.75, 3.05) is 26.2 Å². The lowest BCUT2D eigenvalue weighted by atomic mass is 10.0. The molecule has 2 aromatic rings. The van der Waals surface area contributed by atoms with E-state index in [1.807, 2.05) is 12.1 Å². The fourth-order valence-corrected chi connectivity index (χ4v) is 4.61. The zero-order valence-corrected chi connectivity index (χ0v) is 15.6. The largest absolute Gasteiger partial charge is 0.314 e. The van der Waals surface area contributed by atoms with E-state index in [1.165, 1.54) is 5.56 Å². The smallest absolute Gasteiger partial charge is 0.240 e. The zero-order valence-electron chi connectivity index (χ0n) is 14.8. The van der Waals surface area contributed by atoms with E-state index in [9.17, 15) is 8.42 Å². The van der Waals surface area contributed by atoms with Crippen LogP contribution in [0.3, 0.4) is 0 Å². The van der Waals surface area contributed by atoms with Crippen molar-refractivity contribution in [3.8, 4) is 11.1 Å². The molecule has 2 fully saturated rings. The topological polar surface area (TPSA) is 61.4 Å². The van der Waals surface area contributed by atoms with Crippen molar-refractivity contribution in [1.82, 2.24) is 14.9 Å². The van der Waals surface area contributed by atoms with Crippen LogP contribution in [-0.4, -0.2) is 45.5 Å². The molecule has 26 heavy (non-hydrogen) atoms. The van der Waals surface area contributed by atoms with Gasteiger partial charge in [0, 0.05) is 38.8 Å². The molecule has 0 spiro atoms. The maximum atomic E-state index is 12.4. The highest BCUT2D eigenvalue weighted by molar-refractivity contribution is 7.89. The summed E-state index contributed by atoms with van der Waals surface area (Å²) in [6.45, 7) is 5.22. The molecule has 1 saturated carbocycles. The molecule has 6 heteroatoms. The Balaban J connectivity index is 1.49. The molecular weight excluding hydrogens is 346 g/mol. The van der Waals surface area contributed by atoms with Gasteiger partial charge < -0.3 is 5.32 Å². The first-order valence-electron chi connectivity index (χ1n) is 9.25. The molecule has 4 rings (SSSR count). The van der Waals surface area contributed by atoms with Gasteiger partial charge in [-0.05, 0) is 41.7 Å². The van der Waals surface area contributed by atoms with E-state index in [1.54, 1.807) is 12.1 Å². The van der Waals surface area contributed by atoms with Gasteiger partial charge in [-0.1, -0.05) is 36.4 Å². The summed E-state index contributed by atoms with van der Waals surface area (Å²) in [6.07, 6.45) is 1.88. The first-order chi connectivity index (χ1) is 12.6. The molecule has 138 valence electrons. The quantitative estimate of drug-likeness (QED) is 0.817. The average Bonchev–Trinajstić information content (AvgIpc) is 3.47. The highest BCUT2D eigenvalue weighted by Gasteiger charge is 2.28. The molecule has 0 radical (unpaired) electrons. The Morgan fingerprint density at radius 2 is 1.73 bits per heavy atom. The summed E-state index contributed by atoms with van der Waals surface area (Å²) < 4.78 is 27.6. The van der Waals surface area contributed by atoms with E-state index in [0.29, 0.717) is 4.90 Å². The molecule has 0 unspecified atom stereocenters. The third-order valence-electron chi connectivity index (χ3n) is 4.95. The van der Waals surface area contributed by atoms with Crippen LogP contribution in [0.1, 0.15) is 18.4 Å². The number of hydrogen-bond acceptors (Lipinski definition) is 4. The molecule has 0 bridgehead atoms. The minimum atomic E-state index is -3.42. The minimum Gasteiger partial charge on any atom is -0.314 e. The van der Waals surface area contributed by atoms with Crippen LogP contribution in [0.15, 0.2) is 53.4 Å². The summed E-state index contributed by atoms with van der Waals surface area (Å²) in [7, 11) is -3.42. The predicted molar refractivity (Wildman–Crippen MR) is 103 cm³/mol. The molecule has 2 N–H and O–H groups in total. The molecular formula is C20H25N3O2S. The highest BCUT2D eigenvalue weighted by Crippen LogP contribution is 2.26. The van der Waals surface area contributed by atoms with Gasteiger partial charge in [0.25, 0.3) is 0 Å². The van der Waals surface area contributed by atoms with Crippen molar-refractivity contribution in [1.29, 1.82) is 0 Å². The Bertz CT molecular complexity index is 855. The van der Waals surface area contributed by atoms with Gasteiger partial charge in [-0.25, -0.2) is 13.1 Å². The van der Waals surface area contributed by atoms with E-state index in [2.05, 4.69) is 39.2 Å². The highest BCUT2D eigenvalue weighted by atomic mass is 32.2. The van der Waals surface area contributed by atoms with Gasteiger partial charge >= 0.3 is 0 Å². The molecule has 0 aromatic heterocycles. The summed E-state index contributed by atoms with van der Waals surface area (Å²) in [4.78, 5) is 2.79. The van der Waals surface area contributed by atoms with E-state index < -0.39 is 10.0 Å². The van der Waals surface area contributed by atoms with Crippen molar-refractivity contribution in [2.24, 2.45) is 0 Å². The lowest BCUT2D eigenvalue weighted by Crippen LogP contribution is -2.42. The molecule has 0 atom stereocenters. The Hall–Kier alpha value is -1.73. The molecule has 2 aromatic carbocycles. The molecule has 1 saturated heterocycles. The minimum absolute atomic E-state index is 0.118. The van der Waals surface area contributed by atoms with Crippen LogP contribution >= 0.6 is 0 Å². The number of piperazine rings is 1. The zero-order chi connectivity index (χ0) is 18.0. The molecule has 2 aliphatic rings. The van der Waals surface area contributed by atoms with Crippen LogP contribution in [-0.2, 0) is 16.6 Å². The Labute approximate surface area is 155 Å². The van der Waals surface area contributed by atoms with Crippen molar-refractivity contribution >= 4 is 10.0 Å². The van der Waals surface area contributed by atoms with Crippen molar-refractivity contribution in [3.05, 3.63) is 54.1 Å². The Morgan fingerprint density at radius 1 is 1.00 bits per heavy atom.